The SMILES string of the molecule is C1=CCC2CC[CH-]C2=C1.CCC=CC(=O)[O-].CCC=CC(=O)[O-].CCC=CC(=O)[O-].[Zr+4]. The van der Waals surface area contributed by atoms with Gasteiger partial charge in [-0.25, -0.2) is 18.1 Å². The van der Waals surface area contributed by atoms with E-state index in [1.165, 1.54) is 37.5 Å². The van der Waals surface area contributed by atoms with Crippen molar-refractivity contribution in [2.75, 3.05) is 0 Å². The number of aliphatic carboxylic acids is 3. The minimum Gasteiger partial charge on any atom is -0.545 e. The van der Waals surface area contributed by atoms with Gasteiger partial charge >= 0.3 is 26.2 Å². The Balaban J connectivity index is -0.000000337. The van der Waals surface area contributed by atoms with Crippen molar-refractivity contribution < 1.29 is 55.9 Å². The largest absolute Gasteiger partial charge is 4.00 e. The smallest absolute Gasteiger partial charge is 0.545 e. The maximum Gasteiger partial charge on any atom is 4.00 e. The van der Waals surface area contributed by atoms with Gasteiger partial charge in [-0.2, -0.15) is 0 Å². The first-order valence-electron chi connectivity index (χ1n) is 10.1. The minimum atomic E-state index is -1.12. The molecule has 0 aromatic rings. The predicted molar refractivity (Wildman–Crippen MR) is 112 cm³/mol. The molecule has 0 bridgehead atoms. The minimum absolute atomic E-state index is 0. The molecule has 2 aliphatic carbocycles. The molecule has 6 nitrogen and oxygen atoms in total. The van der Waals surface area contributed by atoms with E-state index in [9.17, 15) is 29.7 Å². The fourth-order valence-corrected chi connectivity index (χ4v) is 2.31. The van der Waals surface area contributed by atoms with Gasteiger partial charge in [0.25, 0.3) is 0 Å². The van der Waals surface area contributed by atoms with Gasteiger partial charge in [0.05, 0.1) is 17.9 Å². The molecule has 2 aliphatic rings. The van der Waals surface area contributed by atoms with Gasteiger partial charge < -0.3 is 29.7 Å². The Hall–Kier alpha value is -2.14. The van der Waals surface area contributed by atoms with Crippen LogP contribution in [0.5, 0.6) is 0 Å². The molecular weight excluding hydrogens is 475 g/mol. The first-order valence-corrected chi connectivity index (χ1v) is 10.1. The molecule has 0 aromatic heterocycles. The van der Waals surface area contributed by atoms with Gasteiger partial charge in [0.1, 0.15) is 0 Å². The van der Waals surface area contributed by atoms with Crippen molar-refractivity contribution in [1.29, 1.82) is 0 Å². The van der Waals surface area contributed by atoms with Gasteiger partial charge in [-0.05, 0) is 49.8 Å². The Labute approximate surface area is 205 Å². The molecule has 0 N–H and O–H groups in total. The maximum absolute atomic E-state index is 9.56. The second kappa shape index (κ2) is 24.1. The second-order valence-corrected chi connectivity index (χ2v) is 6.20. The predicted octanol–water partition coefficient (Wildman–Crippen LogP) is 1.59. The number of allylic oxidation sites excluding steroid dienone is 7. The number of carboxylic acid groups (broad SMARTS) is 3. The standard InChI is InChI=1S/C9H11.3C5H8O2.Zr/c1-2-5-9-7-3-6-8(9)4-1;3*1-2-3-4-5(6)7;/h1-2,4,6,9H,3,5,7H2;3*3-4H,2H2,1H3,(H,6,7);/q-1;;;;+4/p-3. The van der Waals surface area contributed by atoms with Crippen molar-refractivity contribution >= 4 is 17.9 Å². The van der Waals surface area contributed by atoms with E-state index in [1.54, 1.807) is 5.57 Å². The molecule has 0 aliphatic heterocycles. The average molecular weight is 508 g/mol. The van der Waals surface area contributed by atoms with E-state index in [4.69, 9.17) is 0 Å². The number of rotatable bonds is 6. The van der Waals surface area contributed by atoms with Crippen LogP contribution in [0.2, 0.25) is 0 Å². The summed E-state index contributed by atoms with van der Waals surface area (Å²) in [6.45, 7) is 5.58. The van der Waals surface area contributed by atoms with Crippen LogP contribution in [-0.2, 0) is 40.6 Å². The molecule has 1 atom stereocenters. The molecule has 168 valence electrons. The molecule has 0 spiro atoms. The van der Waals surface area contributed by atoms with Crippen molar-refractivity contribution in [3.63, 3.8) is 0 Å². The third-order valence-electron chi connectivity index (χ3n) is 3.68. The van der Waals surface area contributed by atoms with Crippen LogP contribution in [0, 0.1) is 12.3 Å². The van der Waals surface area contributed by atoms with E-state index in [0.29, 0.717) is 0 Å². The molecule has 0 aromatic carbocycles. The van der Waals surface area contributed by atoms with Gasteiger partial charge in [-0.1, -0.05) is 45.4 Å². The number of carbonyl (C=O) groups is 3. The quantitative estimate of drug-likeness (QED) is 0.398. The Morgan fingerprint density at radius 3 is 1.61 bits per heavy atom. The van der Waals surface area contributed by atoms with E-state index in [0.717, 1.165) is 43.4 Å². The molecular formula is C24H32O6Zr. The molecule has 1 unspecified atom stereocenters. The third kappa shape index (κ3) is 25.8. The van der Waals surface area contributed by atoms with Crippen molar-refractivity contribution in [3.8, 4) is 0 Å². The summed E-state index contributed by atoms with van der Waals surface area (Å²) in [5.41, 5.74) is 1.58. The molecule has 0 amide bonds. The van der Waals surface area contributed by atoms with Crippen LogP contribution in [0.1, 0.15) is 59.3 Å². The maximum atomic E-state index is 9.56. The first kappa shape index (κ1) is 33.5. The van der Waals surface area contributed by atoms with Crippen LogP contribution >= 0.6 is 0 Å². The summed E-state index contributed by atoms with van der Waals surface area (Å²) < 4.78 is 0. The summed E-state index contributed by atoms with van der Waals surface area (Å²) in [4.78, 5) is 28.7. The summed E-state index contributed by atoms with van der Waals surface area (Å²) in [5.74, 6) is -2.49. The Morgan fingerprint density at radius 1 is 0.903 bits per heavy atom. The summed E-state index contributed by atoms with van der Waals surface area (Å²) in [5, 5.41) is 28.7. The zero-order valence-corrected chi connectivity index (χ0v) is 21.0. The van der Waals surface area contributed by atoms with Crippen molar-refractivity contribution in [2.45, 2.75) is 59.3 Å². The fourth-order valence-electron chi connectivity index (χ4n) is 2.31. The van der Waals surface area contributed by atoms with Crippen LogP contribution in [-0.4, -0.2) is 17.9 Å². The normalized spacial score (nSPS) is 15.7. The molecule has 0 radical (unpaired) electrons. The van der Waals surface area contributed by atoms with Crippen molar-refractivity contribution in [3.05, 3.63) is 66.7 Å². The monoisotopic (exact) mass is 506 g/mol. The number of hydrogen-bond acceptors (Lipinski definition) is 6. The first-order chi connectivity index (χ1) is 14.3. The van der Waals surface area contributed by atoms with Crippen LogP contribution in [0.4, 0.5) is 0 Å². The molecule has 2 rings (SSSR count). The molecule has 31 heavy (non-hydrogen) atoms. The Morgan fingerprint density at radius 2 is 1.32 bits per heavy atom. The van der Waals surface area contributed by atoms with Gasteiger partial charge in [0, 0.05) is 0 Å². The number of carbonyl (C=O) groups excluding carboxylic acids is 3. The van der Waals surface area contributed by atoms with E-state index in [2.05, 4.69) is 24.6 Å². The summed E-state index contributed by atoms with van der Waals surface area (Å²) in [7, 11) is 0. The Bertz CT molecular complexity index is 587. The van der Waals surface area contributed by atoms with Gasteiger partial charge in [0.2, 0.25) is 0 Å². The topological polar surface area (TPSA) is 120 Å². The van der Waals surface area contributed by atoms with Gasteiger partial charge in [0.15, 0.2) is 0 Å². The van der Waals surface area contributed by atoms with E-state index >= 15 is 0 Å². The van der Waals surface area contributed by atoms with Crippen molar-refractivity contribution in [2.24, 2.45) is 5.92 Å². The van der Waals surface area contributed by atoms with Crippen LogP contribution < -0.4 is 15.3 Å². The van der Waals surface area contributed by atoms with Gasteiger partial charge in [-0.15, -0.1) is 18.6 Å². The summed E-state index contributed by atoms with van der Waals surface area (Å²) in [6, 6.07) is 0. The third-order valence-corrected chi connectivity index (χ3v) is 3.68. The molecule has 1 saturated carbocycles. The average Bonchev–Trinajstić information content (AvgIpc) is 3.19. The van der Waals surface area contributed by atoms with Crippen molar-refractivity contribution in [1.82, 2.24) is 0 Å². The zero-order chi connectivity index (χ0) is 23.2. The molecule has 0 heterocycles. The number of carboxylic acids is 3. The van der Waals surface area contributed by atoms with Crippen LogP contribution in [0.25, 0.3) is 0 Å². The Kier molecular flexibility index (Phi) is 26.1. The zero-order valence-electron chi connectivity index (χ0n) is 18.5. The van der Waals surface area contributed by atoms with E-state index in [-0.39, 0.29) is 26.2 Å². The molecule has 7 heteroatoms. The van der Waals surface area contributed by atoms with E-state index < -0.39 is 17.9 Å². The number of fused-ring (bicyclic) bond motifs is 1. The van der Waals surface area contributed by atoms with Gasteiger partial charge in [-0.3, -0.25) is 0 Å². The fraction of sp³-hybridized carbons (Fsp3) is 0.417. The second-order valence-electron chi connectivity index (χ2n) is 6.20. The number of hydrogen-bond donors (Lipinski definition) is 0. The molecule has 0 saturated heterocycles. The summed E-state index contributed by atoms with van der Waals surface area (Å²) in [6.07, 6.45) is 23.0. The van der Waals surface area contributed by atoms with Crippen LogP contribution in [0.15, 0.2) is 60.3 Å². The van der Waals surface area contributed by atoms with E-state index in [1.807, 2.05) is 20.8 Å². The molecule has 1 fully saturated rings. The summed E-state index contributed by atoms with van der Waals surface area (Å²) >= 11 is 0. The van der Waals surface area contributed by atoms with Crippen LogP contribution in [0.3, 0.4) is 0 Å².